The molecule has 0 saturated heterocycles. The number of rotatable bonds is 4. The fourth-order valence-electron chi connectivity index (χ4n) is 2.42. The van der Waals surface area contributed by atoms with Crippen LogP contribution < -0.4 is 4.74 Å². The topological polar surface area (TPSA) is 104 Å². The third-order valence-electron chi connectivity index (χ3n) is 3.68. The molecule has 124 valence electrons. The second kappa shape index (κ2) is 5.75. The van der Waals surface area contributed by atoms with E-state index in [9.17, 15) is 10.1 Å². The van der Waals surface area contributed by atoms with Crippen molar-refractivity contribution >= 4 is 16.7 Å². The zero-order valence-corrected chi connectivity index (χ0v) is 13.0. The molecule has 2 heterocycles. The maximum absolute atomic E-state index is 10.9. The van der Waals surface area contributed by atoms with Gasteiger partial charge in [0.05, 0.1) is 12.0 Å². The van der Waals surface area contributed by atoms with E-state index < -0.39 is 4.92 Å². The number of nitro groups is 1. The fraction of sp³-hybridized carbons (Fsp3) is 0.0588. The summed E-state index contributed by atoms with van der Waals surface area (Å²) in [7, 11) is 1.59. The largest absolute Gasteiger partial charge is 0.497 e. The lowest BCUT2D eigenvalue weighted by molar-refractivity contribution is -0.384. The molecule has 4 rings (SSSR count). The quantitative estimate of drug-likeness (QED) is 0.408. The van der Waals surface area contributed by atoms with E-state index in [1.54, 1.807) is 37.4 Å². The van der Waals surface area contributed by atoms with Gasteiger partial charge in [-0.05, 0) is 36.4 Å². The van der Waals surface area contributed by atoms with Gasteiger partial charge in [0.2, 0.25) is 5.89 Å². The van der Waals surface area contributed by atoms with Crippen molar-refractivity contribution in [3.63, 3.8) is 0 Å². The van der Waals surface area contributed by atoms with E-state index in [1.165, 1.54) is 18.2 Å². The molecule has 0 amide bonds. The molecule has 0 spiro atoms. The van der Waals surface area contributed by atoms with Crippen LogP contribution >= 0.6 is 0 Å². The minimum absolute atomic E-state index is 0.00991. The molecule has 0 saturated carbocycles. The summed E-state index contributed by atoms with van der Waals surface area (Å²) < 4.78 is 16.4. The summed E-state index contributed by atoms with van der Waals surface area (Å²) in [6.07, 6.45) is 0. The minimum atomic E-state index is -0.458. The summed E-state index contributed by atoms with van der Waals surface area (Å²) in [5, 5.41) is 19.4. The van der Waals surface area contributed by atoms with Crippen LogP contribution in [0.1, 0.15) is 0 Å². The molecule has 25 heavy (non-hydrogen) atoms. The fourth-order valence-corrected chi connectivity index (χ4v) is 2.42. The van der Waals surface area contributed by atoms with Gasteiger partial charge in [-0.25, -0.2) is 0 Å². The van der Waals surface area contributed by atoms with Crippen LogP contribution in [0.15, 0.2) is 57.4 Å². The predicted molar refractivity (Wildman–Crippen MR) is 88.1 cm³/mol. The van der Waals surface area contributed by atoms with E-state index in [0.29, 0.717) is 22.6 Å². The minimum Gasteiger partial charge on any atom is -0.497 e. The van der Waals surface area contributed by atoms with Crippen molar-refractivity contribution in [3.05, 3.63) is 58.6 Å². The van der Waals surface area contributed by atoms with Crippen molar-refractivity contribution in [3.8, 4) is 28.9 Å². The Morgan fingerprint density at radius 1 is 1.00 bits per heavy atom. The molecule has 8 nitrogen and oxygen atoms in total. The summed E-state index contributed by atoms with van der Waals surface area (Å²) in [6, 6.07) is 13.2. The van der Waals surface area contributed by atoms with E-state index in [-0.39, 0.29) is 11.6 Å². The Labute approximate surface area is 140 Å². The number of nitro benzene ring substituents is 1. The number of aromatic nitrogens is 2. The molecule has 8 heteroatoms. The number of nitrogens with zero attached hydrogens (tertiary/aromatic N) is 3. The highest BCUT2D eigenvalue weighted by Crippen LogP contribution is 2.31. The Bertz CT molecular complexity index is 1070. The highest BCUT2D eigenvalue weighted by molar-refractivity contribution is 5.83. The van der Waals surface area contributed by atoms with Crippen molar-refractivity contribution in [1.82, 2.24) is 10.2 Å². The van der Waals surface area contributed by atoms with E-state index in [4.69, 9.17) is 13.6 Å². The SMILES string of the molecule is COc1ccc(-c2nnc(-c3cc4cc([N+](=O)[O-])ccc4o3)o2)cc1. The molecule has 0 fully saturated rings. The first-order chi connectivity index (χ1) is 12.1. The molecule has 0 aliphatic carbocycles. The van der Waals surface area contributed by atoms with E-state index in [2.05, 4.69) is 10.2 Å². The first-order valence-electron chi connectivity index (χ1n) is 7.30. The molecule has 4 aromatic rings. The number of fused-ring (bicyclic) bond motifs is 1. The number of furan rings is 1. The van der Waals surface area contributed by atoms with Crippen molar-refractivity contribution in [2.24, 2.45) is 0 Å². The highest BCUT2D eigenvalue weighted by atomic mass is 16.6. The van der Waals surface area contributed by atoms with Crippen molar-refractivity contribution in [2.45, 2.75) is 0 Å². The summed E-state index contributed by atoms with van der Waals surface area (Å²) >= 11 is 0. The maximum atomic E-state index is 10.9. The van der Waals surface area contributed by atoms with E-state index >= 15 is 0 Å². The van der Waals surface area contributed by atoms with Gasteiger partial charge >= 0.3 is 0 Å². The molecule has 0 bridgehead atoms. The summed E-state index contributed by atoms with van der Waals surface area (Å²) in [5.41, 5.74) is 1.24. The summed E-state index contributed by atoms with van der Waals surface area (Å²) in [4.78, 5) is 10.4. The Balaban J connectivity index is 1.69. The van der Waals surface area contributed by atoms with Crippen LogP contribution in [0.5, 0.6) is 5.75 Å². The first-order valence-corrected chi connectivity index (χ1v) is 7.30. The Hall–Kier alpha value is -3.68. The van der Waals surface area contributed by atoms with Crippen LogP contribution in [0, 0.1) is 10.1 Å². The number of methoxy groups -OCH3 is 1. The zero-order valence-electron chi connectivity index (χ0n) is 13.0. The third-order valence-corrected chi connectivity index (χ3v) is 3.68. The summed E-state index contributed by atoms with van der Waals surface area (Å²) in [6.45, 7) is 0. The maximum Gasteiger partial charge on any atom is 0.283 e. The smallest absolute Gasteiger partial charge is 0.283 e. The van der Waals surface area contributed by atoms with Crippen LogP contribution in [0.4, 0.5) is 5.69 Å². The lowest BCUT2D eigenvalue weighted by atomic mass is 10.2. The molecular formula is C17H11N3O5. The number of hydrogen-bond acceptors (Lipinski definition) is 7. The van der Waals surface area contributed by atoms with Crippen LogP contribution in [0.25, 0.3) is 34.1 Å². The second-order valence-corrected chi connectivity index (χ2v) is 5.23. The van der Waals surface area contributed by atoms with Gasteiger partial charge in [-0.3, -0.25) is 10.1 Å². The summed E-state index contributed by atoms with van der Waals surface area (Å²) in [5.74, 6) is 1.61. The molecule has 0 atom stereocenters. The number of ether oxygens (including phenoxy) is 1. The lowest BCUT2D eigenvalue weighted by Crippen LogP contribution is -1.85. The Kier molecular flexibility index (Phi) is 3.42. The molecular weight excluding hydrogens is 326 g/mol. The lowest BCUT2D eigenvalue weighted by Gasteiger charge is -1.99. The number of hydrogen-bond donors (Lipinski definition) is 0. The van der Waals surface area contributed by atoms with Crippen LogP contribution in [0.3, 0.4) is 0 Å². The van der Waals surface area contributed by atoms with E-state index in [1.807, 2.05) is 0 Å². The third kappa shape index (κ3) is 2.69. The van der Waals surface area contributed by atoms with Crippen LogP contribution in [-0.4, -0.2) is 22.2 Å². The zero-order chi connectivity index (χ0) is 17.4. The molecule has 2 aromatic heterocycles. The Morgan fingerprint density at radius 2 is 1.76 bits per heavy atom. The van der Waals surface area contributed by atoms with Crippen molar-refractivity contribution in [2.75, 3.05) is 7.11 Å². The van der Waals surface area contributed by atoms with Gasteiger partial charge in [-0.2, -0.15) is 0 Å². The van der Waals surface area contributed by atoms with Gasteiger partial charge in [0.1, 0.15) is 11.3 Å². The van der Waals surface area contributed by atoms with Gasteiger partial charge in [-0.15, -0.1) is 10.2 Å². The predicted octanol–water partition coefficient (Wildman–Crippen LogP) is 4.07. The Morgan fingerprint density at radius 3 is 2.48 bits per heavy atom. The number of non-ortho nitro benzene ring substituents is 1. The normalized spacial score (nSPS) is 10.9. The average Bonchev–Trinajstić information content (AvgIpc) is 3.27. The van der Waals surface area contributed by atoms with Gasteiger partial charge in [0, 0.05) is 23.1 Å². The van der Waals surface area contributed by atoms with Gasteiger partial charge in [0.25, 0.3) is 11.6 Å². The average molecular weight is 337 g/mol. The van der Waals surface area contributed by atoms with Gasteiger partial charge in [-0.1, -0.05) is 0 Å². The van der Waals surface area contributed by atoms with E-state index in [0.717, 1.165) is 11.3 Å². The van der Waals surface area contributed by atoms with Gasteiger partial charge < -0.3 is 13.6 Å². The highest BCUT2D eigenvalue weighted by Gasteiger charge is 2.16. The van der Waals surface area contributed by atoms with Gasteiger partial charge in [0.15, 0.2) is 5.76 Å². The first kappa shape index (κ1) is 14.9. The molecule has 2 aromatic carbocycles. The van der Waals surface area contributed by atoms with Crippen LogP contribution in [0.2, 0.25) is 0 Å². The number of benzene rings is 2. The molecule has 0 aliphatic rings. The molecule has 0 unspecified atom stereocenters. The van der Waals surface area contributed by atoms with Crippen LogP contribution in [-0.2, 0) is 0 Å². The monoisotopic (exact) mass is 337 g/mol. The molecule has 0 aliphatic heterocycles. The molecule has 0 N–H and O–H groups in total. The molecule has 0 radical (unpaired) electrons. The van der Waals surface area contributed by atoms with Crippen molar-refractivity contribution < 1.29 is 18.5 Å². The van der Waals surface area contributed by atoms with Crippen molar-refractivity contribution in [1.29, 1.82) is 0 Å². The standard InChI is InChI=1S/C17H11N3O5/c1-23-13-5-2-10(3-6-13)16-18-19-17(25-16)15-9-11-8-12(20(21)22)4-7-14(11)24-15/h2-9H,1H3. The second-order valence-electron chi connectivity index (χ2n) is 5.23.